The predicted molar refractivity (Wildman–Crippen MR) is 145 cm³/mol. The van der Waals surface area contributed by atoms with Crippen molar-refractivity contribution in [3.63, 3.8) is 0 Å². The first-order valence-corrected chi connectivity index (χ1v) is 19.6. The molecule has 6 rings (SSSR count). The molecule has 1 heterocycles. The molecule has 33 heavy (non-hydrogen) atoms. The minimum absolute atomic E-state index is 0.827. The van der Waals surface area contributed by atoms with Crippen LogP contribution in [0.15, 0.2) is 36.4 Å². The molecule has 0 fully saturated rings. The van der Waals surface area contributed by atoms with E-state index in [9.17, 15) is 0 Å². The highest BCUT2D eigenvalue weighted by Crippen LogP contribution is 2.36. The second-order valence-corrected chi connectivity index (χ2v) is 22.5. The van der Waals surface area contributed by atoms with Crippen LogP contribution < -0.4 is 10.4 Å². The Bertz CT molecular complexity index is 1210. The van der Waals surface area contributed by atoms with Crippen LogP contribution in [0.25, 0.3) is 0 Å². The van der Waals surface area contributed by atoms with Gasteiger partial charge in [0.2, 0.25) is 0 Å². The topological polar surface area (TPSA) is 9.23 Å². The molecule has 0 atom stereocenters. The Labute approximate surface area is 201 Å². The van der Waals surface area contributed by atoms with Crippen molar-refractivity contribution in [3.05, 3.63) is 92.0 Å². The Morgan fingerprint density at radius 1 is 0.515 bits per heavy atom. The van der Waals surface area contributed by atoms with Gasteiger partial charge < -0.3 is 4.74 Å². The Kier molecular flexibility index (Phi) is 4.76. The van der Waals surface area contributed by atoms with Crippen LogP contribution in [0, 0.1) is 0 Å². The maximum absolute atomic E-state index is 6.14. The maximum Gasteiger partial charge on any atom is 0.0784 e. The molecule has 170 valence electrons. The Hall–Kier alpha value is -1.95. The lowest BCUT2D eigenvalue weighted by Crippen LogP contribution is -2.51. The third-order valence-corrected chi connectivity index (χ3v) is 12.3. The number of fused-ring (bicyclic) bond motifs is 5. The van der Waals surface area contributed by atoms with Gasteiger partial charge in [0.25, 0.3) is 0 Å². The monoisotopic (exact) mass is 468 g/mol. The summed E-state index contributed by atoms with van der Waals surface area (Å²) in [6.07, 6.45) is 4.41. The third-order valence-electron chi connectivity index (χ3n) is 8.06. The molecule has 3 aromatic carbocycles. The van der Waals surface area contributed by atoms with Gasteiger partial charge in [0, 0.05) is 0 Å². The van der Waals surface area contributed by atoms with Crippen molar-refractivity contribution in [1.82, 2.24) is 0 Å². The second-order valence-electron chi connectivity index (χ2n) is 12.5. The van der Waals surface area contributed by atoms with Gasteiger partial charge in [-0.3, -0.25) is 0 Å². The van der Waals surface area contributed by atoms with Gasteiger partial charge in [-0.15, -0.1) is 0 Å². The third kappa shape index (κ3) is 3.43. The zero-order chi connectivity index (χ0) is 23.1. The van der Waals surface area contributed by atoms with E-state index in [0.29, 0.717) is 0 Å². The van der Waals surface area contributed by atoms with Gasteiger partial charge in [-0.25, -0.2) is 0 Å². The molecule has 1 aliphatic heterocycles. The van der Waals surface area contributed by atoms with Crippen molar-refractivity contribution in [2.24, 2.45) is 0 Å². The van der Waals surface area contributed by atoms with Crippen LogP contribution in [-0.4, -0.2) is 16.1 Å². The van der Waals surface area contributed by atoms with Crippen molar-refractivity contribution in [2.75, 3.05) is 0 Å². The summed E-state index contributed by atoms with van der Waals surface area (Å²) in [4.78, 5) is 0. The van der Waals surface area contributed by atoms with E-state index in [1.165, 1.54) is 11.1 Å². The predicted octanol–water partition coefficient (Wildman–Crippen LogP) is 5.80. The largest absolute Gasteiger partial charge is 0.372 e. The fraction of sp³-hybridized carbons (Fsp3) is 0.400. The van der Waals surface area contributed by atoms with Crippen molar-refractivity contribution < 1.29 is 4.74 Å². The Morgan fingerprint density at radius 3 is 1.30 bits per heavy atom. The first-order chi connectivity index (χ1) is 15.6. The van der Waals surface area contributed by atoms with Gasteiger partial charge in [0.15, 0.2) is 0 Å². The summed E-state index contributed by atoms with van der Waals surface area (Å²) in [6.45, 7) is 16.9. The van der Waals surface area contributed by atoms with E-state index in [0.717, 1.165) is 38.9 Å². The van der Waals surface area contributed by atoms with Crippen LogP contribution in [0.5, 0.6) is 0 Å². The van der Waals surface area contributed by atoms with E-state index in [1.54, 1.807) is 54.9 Å². The molecular formula is C30H36OSi2. The lowest BCUT2D eigenvalue weighted by molar-refractivity contribution is 0.135. The average Bonchev–Trinajstić information content (AvgIpc) is 3.19. The summed E-state index contributed by atoms with van der Waals surface area (Å²) in [5.74, 6) is 0. The molecule has 0 unspecified atom stereocenters. The number of benzene rings is 3. The van der Waals surface area contributed by atoms with Gasteiger partial charge in [-0.2, -0.15) is 0 Å². The van der Waals surface area contributed by atoms with Crippen molar-refractivity contribution >= 4 is 26.5 Å². The molecule has 3 aliphatic rings. The standard InChI is InChI=1S/C30H36OSi2/c1-32(2,3)29-25-15-23-13-21-11-19-9-7-8-10-20(19)12-22(21)14-24(23)16-26(25)30(33(4,5)6)28-18-31-17-27(28)29/h7-10,13-14H,11-12,15-18H2,1-6H3. The Morgan fingerprint density at radius 2 is 0.909 bits per heavy atom. The molecule has 2 aliphatic carbocycles. The molecule has 0 radical (unpaired) electrons. The highest BCUT2D eigenvalue weighted by Gasteiger charge is 2.38. The SMILES string of the molecule is C[Si](C)(C)c1c2c(c([Si](C)(C)C)c3c1Cc1cc4c(cc1C3)Cc1ccccc1C4)COC2. The molecule has 0 amide bonds. The van der Waals surface area contributed by atoms with Crippen LogP contribution in [-0.2, 0) is 43.6 Å². The van der Waals surface area contributed by atoms with Gasteiger partial charge >= 0.3 is 0 Å². The lowest BCUT2D eigenvalue weighted by atomic mass is 9.78. The fourth-order valence-corrected chi connectivity index (χ4v) is 11.4. The van der Waals surface area contributed by atoms with Crippen LogP contribution in [0.4, 0.5) is 0 Å². The van der Waals surface area contributed by atoms with Crippen LogP contribution >= 0.6 is 0 Å². The normalized spacial score (nSPS) is 16.5. The minimum Gasteiger partial charge on any atom is -0.372 e. The van der Waals surface area contributed by atoms with E-state index < -0.39 is 16.1 Å². The van der Waals surface area contributed by atoms with E-state index in [4.69, 9.17) is 4.74 Å². The minimum atomic E-state index is -1.51. The summed E-state index contributed by atoms with van der Waals surface area (Å²) in [5.41, 5.74) is 15.9. The molecule has 0 saturated carbocycles. The zero-order valence-electron chi connectivity index (χ0n) is 21.1. The van der Waals surface area contributed by atoms with Crippen LogP contribution in [0.3, 0.4) is 0 Å². The molecule has 0 spiro atoms. The van der Waals surface area contributed by atoms with Crippen LogP contribution in [0.1, 0.15) is 55.6 Å². The number of hydrogen-bond donors (Lipinski definition) is 0. The van der Waals surface area contributed by atoms with E-state index >= 15 is 0 Å². The summed E-state index contributed by atoms with van der Waals surface area (Å²) in [5, 5.41) is 3.45. The smallest absolute Gasteiger partial charge is 0.0784 e. The van der Waals surface area contributed by atoms with E-state index in [-0.39, 0.29) is 0 Å². The van der Waals surface area contributed by atoms with Crippen molar-refractivity contribution in [2.45, 2.75) is 78.2 Å². The maximum atomic E-state index is 6.14. The first kappa shape index (κ1) is 21.6. The first-order valence-electron chi connectivity index (χ1n) is 12.6. The number of hydrogen-bond acceptors (Lipinski definition) is 1. The molecule has 1 nitrogen and oxygen atoms in total. The fourth-order valence-electron chi connectivity index (χ4n) is 6.89. The molecule has 0 aromatic heterocycles. The quantitative estimate of drug-likeness (QED) is 0.298. The molecule has 0 N–H and O–H groups in total. The zero-order valence-corrected chi connectivity index (χ0v) is 23.1. The van der Waals surface area contributed by atoms with E-state index in [1.807, 2.05) is 0 Å². The van der Waals surface area contributed by atoms with Crippen molar-refractivity contribution in [3.8, 4) is 0 Å². The molecular weight excluding hydrogens is 433 g/mol. The average molecular weight is 469 g/mol. The number of ether oxygens (including phenoxy) is 1. The summed E-state index contributed by atoms with van der Waals surface area (Å²) >= 11 is 0. The van der Waals surface area contributed by atoms with E-state index in [2.05, 4.69) is 75.7 Å². The van der Waals surface area contributed by atoms with Gasteiger partial charge in [0.05, 0.1) is 29.4 Å². The number of rotatable bonds is 2. The van der Waals surface area contributed by atoms with Gasteiger partial charge in [-0.1, -0.05) is 86.1 Å². The highest BCUT2D eigenvalue weighted by molar-refractivity contribution is 6.91. The lowest BCUT2D eigenvalue weighted by Gasteiger charge is -2.36. The molecule has 0 bridgehead atoms. The highest BCUT2D eigenvalue weighted by atomic mass is 28.3. The summed E-state index contributed by atoms with van der Waals surface area (Å²) in [6, 6.07) is 14.2. The summed E-state index contributed by atoms with van der Waals surface area (Å²) < 4.78 is 6.14. The molecule has 0 saturated heterocycles. The molecule has 3 heteroatoms. The second kappa shape index (κ2) is 7.27. The van der Waals surface area contributed by atoms with Crippen LogP contribution in [0.2, 0.25) is 39.3 Å². The molecule has 3 aromatic rings. The van der Waals surface area contributed by atoms with Gasteiger partial charge in [-0.05, 0) is 81.3 Å². The summed E-state index contributed by atoms with van der Waals surface area (Å²) in [7, 11) is -3.03. The van der Waals surface area contributed by atoms with Gasteiger partial charge in [0.1, 0.15) is 0 Å². The Balaban J connectivity index is 1.55. The van der Waals surface area contributed by atoms with Crippen molar-refractivity contribution in [1.29, 1.82) is 0 Å².